The summed E-state index contributed by atoms with van der Waals surface area (Å²) in [6, 6.07) is 7.38. The third-order valence-corrected chi connectivity index (χ3v) is 2.49. The highest BCUT2D eigenvalue weighted by atomic mass is 19.3. The first-order valence-corrected chi connectivity index (χ1v) is 5.45. The van der Waals surface area contributed by atoms with Gasteiger partial charge in [0, 0.05) is 5.56 Å². The molecule has 1 aromatic carbocycles. The van der Waals surface area contributed by atoms with Gasteiger partial charge in [0.05, 0.1) is 13.3 Å². The normalized spacial score (nSPS) is 11.3. The molecule has 0 aliphatic rings. The second-order valence-electron chi connectivity index (χ2n) is 3.86. The van der Waals surface area contributed by atoms with Crippen molar-refractivity contribution in [1.29, 1.82) is 0 Å². The molecule has 5 nitrogen and oxygen atoms in total. The Labute approximate surface area is 107 Å². The summed E-state index contributed by atoms with van der Waals surface area (Å²) in [5.74, 6) is -3.81. The van der Waals surface area contributed by atoms with Crippen LogP contribution in [0.3, 0.4) is 0 Å². The lowest BCUT2D eigenvalue weighted by atomic mass is 10.1. The zero-order valence-electron chi connectivity index (χ0n) is 10.1. The molecule has 0 unspecified atom stereocenters. The molecule has 0 atom stereocenters. The Balaban J connectivity index is 2.16. The second kappa shape index (κ2) is 5.13. The maximum atomic E-state index is 13.9. The van der Waals surface area contributed by atoms with E-state index in [-0.39, 0.29) is 11.3 Å². The Bertz CT molecular complexity index is 569. The predicted molar refractivity (Wildman–Crippen MR) is 61.7 cm³/mol. The number of benzene rings is 1. The van der Waals surface area contributed by atoms with E-state index in [1.54, 1.807) is 6.07 Å². The lowest BCUT2D eigenvalue weighted by Crippen LogP contribution is -2.21. The van der Waals surface area contributed by atoms with E-state index in [1.807, 2.05) is 0 Å². The molecule has 2 aromatic rings. The highest BCUT2D eigenvalue weighted by molar-refractivity contribution is 5.86. The molecule has 0 fully saturated rings. The molecule has 0 bridgehead atoms. The van der Waals surface area contributed by atoms with Crippen molar-refractivity contribution in [3.63, 3.8) is 0 Å². The van der Waals surface area contributed by atoms with Crippen LogP contribution in [-0.4, -0.2) is 28.1 Å². The van der Waals surface area contributed by atoms with Crippen molar-refractivity contribution >= 4 is 5.97 Å². The molecule has 1 aromatic heterocycles. The number of hydrogen-bond acceptors (Lipinski definition) is 4. The van der Waals surface area contributed by atoms with Gasteiger partial charge in [-0.05, 0) is 0 Å². The number of esters is 1. The first-order valence-electron chi connectivity index (χ1n) is 5.45. The number of rotatable bonds is 4. The molecule has 0 radical (unpaired) electrons. The molecule has 19 heavy (non-hydrogen) atoms. The minimum Gasteiger partial charge on any atom is -0.464 e. The number of alkyl halides is 2. The van der Waals surface area contributed by atoms with Crippen LogP contribution >= 0.6 is 0 Å². The van der Waals surface area contributed by atoms with Gasteiger partial charge >= 0.3 is 5.97 Å². The Morgan fingerprint density at radius 3 is 2.68 bits per heavy atom. The summed E-state index contributed by atoms with van der Waals surface area (Å²) in [6.07, 6.45) is 1.13. The van der Waals surface area contributed by atoms with Crippen LogP contribution in [0.5, 0.6) is 0 Å². The third kappa shape index (κ3) is 2.93. The number of nitrogens with zero attached hydrogens (tertiary/aromatic N) is 3. The van der Waals surface area contributed by atoms with Gasteiger partial charge in [0.2, 0.25) is 0 Å². The van der Waals surface area contributed by atoms with Crippen molar-refractivity contribution < 1.29 is 18.3 Å². The number of carbonyl (C=O) groups is 1. The van der Waals surface area contributed by atoms with Crippen LogP contribution in [-0.2, 0) is 17.2 Å². The van der Waals surface area contributed by atoms with Gasteiger partial charge in [0.1, 0.15) is 6.54 Å². The lowest BCUT2D eigenvalue weighted by molar-refractivity contribution is -0.0258. The van der Waals surface area contributed by atoms with E-state index in [1.165, 1.54) is 31.4 Å². The van der Waals surface area contributed by atoms with Gasteiger partial charge in [-0.2, -0.15) is 8.78 Å². The maximum Gasteiger partial charge on any atom is 0.360 e. The molecule has 0 amide bonds. The summed E-state index contributed by atoms with van der Waals surface area (Å²) in [5, 5.41) is 6.95. The fourth-order valence-electron chi connectivity index (χ4n) is 1.55. The van der Waals surface area contributed by atoms with Crippen molar-refractivity contribution in [3.05, 3.63) is 47.8 Å². The smallest absolute Gasteiger partial charge is 0.360 e. The van der Waals surface area contributed by atoms with Gasteiger partial charge in [-0.15, -0.1) is 5.10 Å². The van der Waals surface area contributed by atoms with E-state index in [0.29, 0.717) is 0 Å². The Morgan fingerprint density at radius 2 is 2.05 bits per heavy atom. The van der Waals surface area contributed by atoms with E-state index < -0.39 is 18.4 Å². The van der Waals surface area contributed by atoms with Crippen molar-refractivity contribution in [2.24, 2.45) is 0 Å². The van der Waals surface area contributed by atoms with Crippen molar-refractivity contribution in [1.82, 2.24) is 15.0 Å². The highest BCUT2D eigenvalue weighted by Crippen LogP contribution is 2.29. The summed E-state index contributed by atoms with van der Waals surface area (Å²) < 4.78 is 33.2. The van der Waals surface area contributed by atoms with Crippen LogP contribution in [0.25, 0.3) is 0 Å². The monoisotopic (exact) mass is 267 g/mol. The number of carbonyl (C=O) groups excluding carboxylic acids is 1. The summed E-state index contributed by atoms with van der Waals surface area (Å²) in [4.78, 5) is 11.1. The molecule has 0 aliphatic carbocycles. The largest absolute Gasteiger partial charge is 0.464 e. The van der Waals surface area contributed by atoms with Gasteiger partial charge in [0.25, 0.3) is 5.92 Å². The standard InChI is InChI=1S/C12H11F2N3O2/c1-19-11(18)10-7-17(16-15-10)8-12(13,14)9-5-3-2-4-6-9/h2-7H,8H2,1H3. The van der Waals surface area contributed by atoms with E-state index in [2.05, 4.69) is 15.0 Å². The first-order chi connectivity index (χ1) is 9.03. The zero-order chi connectivity index (χ0) is 13.9. The van der Waals surface area contributed by atoms with E-state index >= 15 is 0 Å². The summed E-state index contributed by atoms with van der Waals surface area (Å²) in [6.45, 7) is -0.693. The van der Waals surface area contributed by atoms with Crippen LogP contribution in [0.2, 0.25) is 0 Å². The van der Waals surface area contributed by atoms with Crippen molar-refractivity contribution in [2.75, 3.05) is 7.11 Å². The number of methoxy groups -OCH3 is 1. The SMILES string of the molecule is COC(=O)c1cn(CC(F)(F)c2ccccc2)nn1. The Kier molecular flexibility index (Phi) is 3.55. The van der Waals surface area contributed by atoms with Gasteiger partial charge < -0.3 is 4.74 Å². The van der Waals surface area contributed by atoms with Crippen LogP contribution in [0.1, 0.15) is 16.1 Å². The highest BCUT2D eigenvalue weighted by Gasteiger charge is 2.32. The van der Waals surface area contributed by atoms with Crippen LogP contribution in [0, 0.1) is 0 Å². The Hall–Kier alpha value is -2.31. The number of hydrogen-bond donors (Lipinski definition) is 0. The van der Waals surface area contributed by atoms with Crippen LogP contribution in [0.4, 0.5) is 8.78 Å². The second-order valence-corrected chi connectivity index (χ2v) is 3.86. The van der Waals surface area contributed by atoms with Gasteiger partial charge in [-0.1, -0.05) is 35.5 Å². The average molecular weight is 267 g/mol. The number of aromatic nitrogens is 3. The predicted octanol–water partition coefficient (Wildman–Crippen LogP) is 1.86. The summed E-state index contributed by atoms with van der Waals surface area (Å²) >= 11 is 0. The molecule has 0 N–H and O–H groups in total. The molecular weight excluding hydrogens is 256 g/mol. The summed E-state index contributed by atoms with van der Waals surface area (Å²) in [7, 11) is 1.18. The van der Waals surface area contributed by atoms with Crippen molar-refractivity contribution in [3.8, 4) is 0 Å². The first kappa shape index (κ1) is 13.1. The van der Waals surface area contributed by atoms with Gasteiger partial charge in [0.15, 0.2) is 5.69 Å². The average Bonchev–Trinajstić information content (AvgIpc) is 2.86. The lowest BCUT2D eigenvalue weighted by Gasteiger charge is -2.15. The molecule has 0 saturated carbocycles. The Morgan fingerprint density at radius 1 is 1.37 bits per heavy atom. The van der Waals surface area contributed by atoms with Crippen LogP contribution < -0.4 is 0 Å². The maximum absolute atomic E-state index is 13.9. The molecular formula is C12H11F2N3O2. The minimum atomic E-state index is -3.09. The van der Waals surface area contributed by atoms with E-state index in [4.69, 9.17) is 0 Å². The fourth-order valence-corrected chi connectivity index (χ4v) is 1.55. The van der Waals surface area contributed by atoms with Gasteiger partial charge in [-0.3, -0.25) is 0 Å². The summed E-state index contributed by atoms with van der Waals surface area (Å²) in [5.41, 5.74) is -0.225. The number of ether oxygens (including phenoxy) is 1. The molecule has 7 heteroatoms. The molecule has 100 valence electrons. The fraction of sp³-hybridized carbons (Fsp3) is 0.250. The van der Waals surface area contributed by atoms with Crippen molar-refractivity contribution in [2.45, 2.75) is 12.5 Å². The molecule has 0 aliphatic heterocycles. The molecule has 0 saturated heterocycles. The van der Waals surface area contributed by atoms with Gasteiger partial charge in [-0.25, -0.2) is 9.48 Å². The topological polar surface area (TPSA) is 57.0 Å². The minimum absolute atomic E-state index is 0.105. The van der Waals surface area contributed by atoms with E-state index in [9.17, 15) is 13.6 Å². The zero-order valence-corrected chi connectivity index (χ0v) is 10.1. The number of halogens is 2. The third-order valence-electron chi connectivity index (χ3n) is 2.49. The molecule has 1 heterocycles. The quantitative estimate of drug-likeness (QED) is 0.793. The molecule has 0 spiro atoms. The van der Waals surface area contributed by atoms with E-state index in [0.717, 1.165) is 10.9 Å². The van der Waals surface area contributed by atoms with Crippen LogP contribution in [0.15, 0.2) is 36.5 Å². The molecule has 2 rings (SSSR count).